The van der Waals surface area contributed by atoms with Crippen LogP contribution in [0.2, 0.25) is 0 Å². The number of nitrogens with one attached hydrogen (secondary N) is 2. The Bertz CT molecular complexity index is 433. The van der Waals surface area contributed by atoms with Crippen molar-refractivity contribution in [2.24, 2.45) is 11.7 Å². The summed E-state index contributed by atoms with van der Waals surface area (Å²) in [6, 6.07) is 7.97. The molecule has 1 aliphatic heterocycles. The third kappa shape index (κ3) is 3.78. The minimum absolute atomic E-state index is 0.0496. The maximum Gasteiger partial charge on any atom is 0.237 e. The molecule has 0 radical (unpaired) electrons. The van der Waals surface area contributed by atoms with Crippen LogP contribution in [0, 0.1) is 5.92 Å². The molecule has 1 aromatic carbocycles. The van der Waals surface area contributed by atoms with Crippen LogP contribution < -0.4 is 16.4 Å². The van der Waals surface area contributed by atoms with E-state index in [9.17, 15) is 4.79 Å². The zero-order chi connectivity index (χ0) is 13.7. The van der Waals surface area contributed by atoms with Crippen molar-refractivity contribution in [3.05, 3.63) is 35.4 Å². The predicted octanol–water partition coefficient (Wildman–Crippen LogP) is 1.15. The molecule has 0 aromatic heterocycles. The van der Waals surface area contributed by atoms with Crippen LogP contribution in [0.5, 0.6) is 0 Å². The Morgan fingerprint density at radius 2 is 2.26 bits per heavy atom. The smallest absolute Gasteiger partial charge is 0.237 e. The van der Waals surface area contributed by atoms with Gasteiger partial charge in [0, 0.05) is 13.1 Å². The fourth-order valence-electron chi connectivity index (χ4n) is 2.57. The van der Waals surface area contributed by atoms with Crippen molar-refractivity contribution in [3.63, 3.8) is 0 Å². The van der Waals surface area contributed by atoms with Gasteiger partial charge in [0.05, 0.1) is 6.04 Å². The number of rotatable bonds is 4. The van der Waals surface area contributed by atoms with Crippen LogP contribution in [0.1, 0.15) is 30.9 Å². The maximum absolute atomic E-state index is 12.1. The van der Waals surface area contributed by atoms with Crippen LogP contribution in [-0.2, 0) is 17.9 Å². The van der Waals surface area contributed by atoms with Crippen LogP contribution in [-0.4, -0.2) is 18.5 Å². The van der Waals surface area contributed by atoms with E-state index < -0.39 is 0 Å². The van der Waals surface area contributed by atoms with Crippen LogP contribution in [0.4, 0.5) is 0 Å². The number of hydrogen-bond acceptors (Lipinski definition) is 3. The Morgan fingerprint density at radius 3 is 3.00 bits per heavy atom. The van der Waals surface area contributed by atoms with Gasteiger partial charge in [-0.1, -0.05) is 31.2 Å². The summed E-state index contributed by atoms with van der Waals surface area (Å²) in [7, 11) is 0. The fraction of sp³-hybridized carbons (Fsp3) is 0.533. The molecule has 4 N–H and O–H groups in total. The molecule has 2 unspecified atom stereocenters. The maximum atomic E-state index is 12.1. The van der Waals surface area contributed by atoms with Crippen LogP contribution in [0.3, 0.4) is 0 Å². The highest BCUT2D eigenvalue weighted by atomic mass is 16.2. The highest BCUT2D eigenvalue weighted by Gasteiger charge is 2.26. The van der Waals surface area contributed by atoms with Gasteiger partial charge in [0.25, 0.3) is 0 Å². The summed E-state index contributed by atoms with van der Waals surface area (Å²) in [6.07, 6.45) is 2.28. The molecule has 0 spiro atoms. The molecular weight excluding hydrogens is 238 g/mol. The lowest BCUT2D eigenvalue weighted by molar-refractivity contribution is -0.125. The molecule has 1 saturated heterocycles. The van der Waals surface area contributed by atoms with Crippen molar-refractivity contribution in [1.29, 1.82) is 0 Å². The van der Waals surface area contributed by atoms with Gasteiger partial charge in [0.2, 0.25) is 5.91 Å². The number of piperidine rings is 1. The number of benzene rings is 1. The van der Waals surface area contributed by atoms with Crippen LogP contribution >= 0.6 is 0 Å². The lowest BCUT2D eigenvalue weighted by atomic mass is 9.92. The Hall–Kier alpha value is -1.39. The lowest BCUT2D eigenvalue weighted by Gasteiger charge is -2.28. The minimum atomic E-state index is -0.0496. The molecular formula is C15H23N3O. The van der Waals surface area contributed by atoms with Crippen LogP contribution in [0.25, 0.3) is 0 Å². The predicted molar refractivity (Wildman–Crippen MR) is 76.4 cm³/mol. The van der Waals surface area contributed by atoms with Gasteiger partial charge >= 0.3 is 0 Å². The van der Waals surface area contributed by atoms with E-state index in [-0.39, 0.29) is 11.9 Å². The highest BCUT2D eigenvalue weighted by Crippen LogP contribution is 2.15. The van der Waals surface area contributed by atoms with E-state index in [1.807, 2.05) is 24.3 Å². The van der Waals surface area contributed by atoms with Crippen molar-refractivity contribution in [1.82, 2.24) is 10.6 Å². The molecule has 2 atom stereocenters. The Balaban J connectivity index is 1.88. The standard InChI is InChI=1S/C15H23N3O/c1-11-4-3-7-17-14(11)15(19)18-10-13-6-2-5-12(8-13)9-16/h2,5-6,8,11,14,17H,3-4,7,9-10,16H2,1H3,(H,18,19). The van der Waals surface area contributed by atoms with Gasteiger partial charge in [-0.05, 0) is 36.4 Å². The molecule has 1 aliphatic rings. The quantitative estimate of drug-likeness (QED) is 0.761. The van der Waals surface area contributed by atoms with E-state index in [1.165, 1.54) is 0 Å². The first-order chi connectivity index (χ1) is 9.20. The second kappa shape index (κ2) is 6.68. The molecule has 0 saturated carbocycles. The van der Waals surface area contributed by atoms with E-state index >= 15 is 0 Å². The average Bonchev–Trinajstić information content (AvgIpc) is 2.45. The topological polar surface area (TPSA) is 67.2 Å². The summed E-state index contributed by atoms with van der Waals surface area (Å²) in [5, 5.41) is 6.30. The molecule has 19 heavy (non-hydrogen) atoms. The summed E-state index contributed by atoms with van der Waals surface area (Å²) in [4.78, 5) is 12.1. The zero-order valence-corrected chi connectivity index (χ0v) is 11.5. The SMILES string of the molecule is CC1CCCNC1C(=O)NCc1cccc(CN)c1. The van der Waals surface area contributed by atoms with Crippen molar-refractivity contribution in [2.45, 2.75) is 38.9 Å². The first kappa shape index (κ1) is 14.0. The van der Waals surface area contributed by atoms with E-state index in [1.54, 1.807) is 0 Å². The third-order valence-electron chi connectivity index (χ3n) is 3.75. The number of carbonyl (C=O) groups is 1. The van der Waals surface area contributed by atoms with Gasteiger partial charge < -0.3 is 16.4 Å². The first-order valence-corrected chi connectivity index (χ1v) is 6.99. The normalized spacial score (nSPS) is 23.1. The Labute approximate surface area is 114 Å². The van der Waals surface area contributed by atoms with Gasteiger partial charge in [-0.15, -0.1) is 0 Å². The molecule has 104 valence electrons. The largest absolute Gasteiger partial charge is 0.351 e. The van der Waals surface area contributed by atoms with Crippen molar-refractivity contribution >= 4 is 5.91 Å². The van der Waals surface area contributed by atoms with Crippen molar-refractivity contribution < 1.29 is 4.79 Å². The summed E-state index contributed by atoms with van der Waals surface area (Å²) in [6.45, 7) is 4.16. The van der Waals surface area contributed by atoms with Gasteiger partial charge in [-0.3, -0.25) is 4.79 Å². The first-order valence-electron chi connectivity index (χ1n) is 6.99. The van der Waals surface area contributed by atoms with E-state index in [4.69, 9.17) is 5.73 Å². The molecule has 0 aliphatic carbocycles. The van der Waals surface area contributed by atoms with E-state index in [0.717, 1.165) is 30.5 Å². The molecule has 2 rings (SSSR count). The molecule has 4 nitrogen and oxygen atoms in total. The molecule has 4 heteroatoms. The molecule has 1 fully saturated rings. The minimum Gasteiger partial charge on any atom is -0.351 e. The van der Waals surface area contributed by atoms with Gasteiger partial charge in [0.1, 0.15) is 0 Å². The number of carbonyl (C=O) groups excluding carboxylic acids is 1. The average molecular weight is 261 g/mol. The number of amides is 1. The Kier molecular flexibility index (Phi) is 4.93. The van der Waals surface area contributed by atoms with Crippen molar-refractivity contribution in [2.75, 3.05) is 6.54 Å². The molecule has 0 bridgehead atoms. The van der Waals surface area contributed by atoms with Gasteiger partial charge in [-0.2, -0.15) is 0 Å². The summed E-state index contributed by atoms with van der Waals surface area (Å²) in [5.74, 6) is 0.509. The zero-order valence-electron chi connectivity index (χ0n) is 11.5. The summed E-state index contributed by atoms with van der Waals surface area (Å²) >= 11 is 0. The van der Waals surface area contributed by atoms with E-state index in [2.05, 4.69) is 17.6 Å². The summed E-state index contributed by atoms with van der Waals surface area (Å²) < 4.78 is 0. The van der Waals surface area contributed by atoms with Gasteiger partial charge in [-0.25, -0.2) is 0 Å². The third-order valence-corrected chi connectivity index (χ3v) is 3.75. The summed E-state index contributed by atoms with van der Waals surface area (Å²) in [5.41, 5.74) is 7.80. The second-order valence-electron chi connectivity index (χ2n) is 5.29. The number of nitrogens with two attached hydrogens (primary N) is 1. The van der Waals surface area contributed by atoms with E-state index in [0.29, 0.717) is 19.0 Å². The monoisotopic (exact) mass is 261 g/mol. The Morgan fingerprint density at radius 1 is 1.47 bits per heavy atom. The molecule has 1 heterocycles. The molecule has 1 amide bonds. The second-order valence-corrected chi connectivity index (χ2v) is 5.29. The highest BCUT2D eigenvalue weighted by molar-refractivity contribution is 5.82. The number of hydrogen-bond donors (Lipinski definition) is 3. The fourth-order valence-corrected chi connectivity index (χ4v) is 2.57. The lowest BCUT2D eigenvalue weighted by Crippen LogP contribution is -2.50. The van der Waals surface area contributed by atoms with Gasteiger partial charge in [0.15, 0.2) is 0 Å². The van der Waals surface area contributed by atoms with Crippen LogP contribution in [0.15, 0.2) is 24.3 Å². The van der Waals surface area contributed by atoms with Crippen molar-refractivity contribution in [3.8, 4) is 0 Å². The molecule has 1 aromatic rings.